The first kappa shape index (κ1) is 11.5. The van der Waals surface area contributed by atoms with Gasteiger partial charge in [0.1, 0.15) is 24.6 Å². The maximum absolute atomic E-state index is 9.98. The molecule has 6 heteroatoms. The quantitative estimate of drug-likeness (QED) is 0.280. The van der Waals surface area contributed by atoms with Crippen molar-refractivity contribution >= 4 is 6.29 Å². The predicted octanol–water partition coefficient (Wildman–Crippen LogP) is -3.41. The molecule has 0 bridgehead atoms. The fraction of sp³-hybridized carbons (Fsp3) is 0.833. The Hall–Kier alpha value is -0.530. The highest BCUT2D eigenvalue weighted by Gasteiger charge is 2.27. The Labute approximate surface area is 69.2 Å². The summed E-state index contributed by atoms with van der Waals surface area (Å²) in [6, 6.07) is -1.29. The van der Waals surface area contributed by atoms with Crippen LogP contribution in [-0.2, 0) is 4.79 Å². The normalized spacial score (nSPS) is 21.1. The van der Waals surface area contributed by atoms with Gasteiger partial charge in [-0.25, -0.2) is 0 Å². The number of aldehydes is 1. The highest BCUT2D eigenvalue weighted by atomic mass is 16.4. The summed E-state index contributed by atoms with van der Waals surface area (Å²) in [5.41, 5.74) is 5.15. The van der Waals surface area contributed by atoms with Gasteiger partial charge < -0.3 is 31.0 Å². The van der Waals surface area contributed by atoms with E-state index in [0.717, 1.165) is 0 Å². The molecule has 0 aliphatic rings. The Morgan fingerprint density at radius 1 is 1.33 bits per heavy atom. The van der Waals surface area contributed by atoms with E-state index in [1.807, 2.05) is 0 Å². The van der Waals surface area contributed by atoms with Gasteiger partial charge in [0.2, 0.25) is 0 Å². The molecule has 4 atom stereocenters. The topological polar surface area (TPSA) is 124 Å². The predicted molar refractivity (Wildman–Crippen MR) is 39.1 cm³/mol. The zero-order valence-corrected chi connectivity index (χ0v) is 6.37. The van der Waals surface area contributed by atoms with Crippen molar-refractivity contribution in [2.75, 3.05) is 6.61 Å². The molecule has 0 spiro atoms. The monoisotopic (exact) mass is 179 g/mol. The standard InChI is InChI=1S/C6H13NO5/c7-5(3(10)1-8)6(12)4(11)2-9/h1,3-6,9-12H,2,7H2/t3-,4+,5-,6-/m0/s1. The Morgan fingerprint density at radius 3 is 2.17 bits per heavy atom. The molecule has 0 saturated carbocycles. The molecule has 6 N–H and O–H groups in total. The Bertz CT molecular complexity index is 142. The summed E-state index contributed by atoms with van der Waals surface area (Å²) in [4.78, 5) is 9.98. The molecule has 12 heavy (non-hydrogen) atoms. The minimum absolute atomic E-state index is 0.151. The van der Waals surface area contributed by atoms with Crippen molar-refractivity contribution in [3.8, 4) is 0 Å². The van der Waals surface area contributed by atoms with E-state index >= 15 is 0 Å². The summed E-state index contributed by atoms with van der Waals surface area (Å²) >= 11 is 0. The van der Waals surface area contributed by atoms with Gasteiger partial charge >= 0.3 is 0 Å². The molecule has 0 aromatic heterocycles. The van der Waals surface area contributed by atoms with Crippen molar-refractivity contribution in [3.05, 3.63) is 0 Å². The van der Waals surface area contributed by atoms with Crippen LogP contribution in [0.1, 0.15) is 0 Å². The highest BCUT2D eigenvalue weighted by molar-refractivity contribution is 5.57. The van der Waals surface area contributed by atoms with E-state index in [2.05, 4.69) is 0 Å². The van der Waals surface area contributed by atoms with Crippen LogP contribution in [0, 0.1) is 0 Å². The van der Waals surface area contributed by atoms with Crippen LogP contribution in [0.15, 0.2) is 0 Å². The van der Waals surface area contributed by atoms with E-state index in [1.165, 1.54) is 0 Å². The van der Waals surface area contributed by atoms with Crippen LogP contribution < -0.4 is 5.73 Å². The molecule has 0 saturated heterocycles. The van der Waals surface area contributed by atoms with E-state index in [9.17, 15) is 4.79 Å². The molecular formula is C6H13NO5. The van der Waals surface area contributed by atoms with E-state index in [4.69, 9.17) is 26.2 Å². The number of aliphatic hydroxyl groups excluding tert-OH is 4. The number of hydrogen-bond donors (Lipinski definition) is 5. The molecule has 0 heterocycles. The second-order valence-corrected chi connectivity index (χ2v) is 2.44. The van der Waals surface area contributed by atoms with E-state index in [0.29, 0.717) is 0 Å². The maximum atomic E-state index is 9.98. The third-order valence-corrected chi connectivity index (χ3v) is 1.51. The smallest absolute Gasteiger partial charge is 0.150 e. The van der Waals surface area contributed by atoms with Crippen molar-refractivity contribution in [2.45, 2.75) is 24.4 Å². The molecule has 0 unspecified atom stereocenters. The van der Waals surface area contributed by atoms with E-state index in [-0.39, 0.29) is 6.29 Å². The van der Waals surface area contributed by atoms with Crippen molar-refractivity contribution in [3.63, 3.8) is 0 Å². The van der Waals surface area contributed by atoms with E-state index in [1.54, 1.807) is 0 Å². The number of carbonyl (C=O) groups is 1. The number of hydrogen-bond acceptors (Lipinski definition) is 6. The van der Waals surface area contributed by atoms with Crippen molar-refractivity contribution < 1.29 is 25.2 Å². The average Bonchev–Trinajstić information content (AvgIpc) is 2.12. The molecule has 0 aromatic carbocycles. The molecular weight excluding hydrogens is 166 g/mol. The first-order chi connectivity index (χ1) is 5.54. The minimum Gasteiger partial charge on any atom is -0.394 e. The lowest BCUT2D eigenvalue weighted by molar-refractivity contribution is -0.119. The van der Waals surface area contributed by atoms with Crippen LogP contribution in [0.4, 0.5) is 0 Å². The zero-order chi connectivity index (χ0) is 9.72. The molecule has 0 aromatic rings. The third kappa shape index (κ3) is 2.84. The van der Waals surface area contributed by atoms with Gasteiger partial charge in [-0.1, -0.05) is 0 Å². The van der Waals surface area contributed by atoms with Crippen LogP contribution in [-0.4, -0.2) is 57.7 Å². The molecule has 0 radical (unpaired) electrons. The van der Waals surface area contributed by atoms with Gasteiger partial charge in [-0.15, -0.1) is 0 Å². The SMILES string of the molecule is N[C@H]([C@@H](O)[C@H](O)CO)[C@@H](O)C=O. The Morgan fingerprint density at radius 2 is 1.83 bits per heavy atom. The molecule has 6 nitrogen and oxygen atoms in total. The molecule has 0 aliphatic carbocycles. The number of nitrogens with two attached hydrogens (primary N) is 1. The van der Waals surface area contributed by atoms with Gasteiger partial charge in [0, 0.05) is 0 Å². The summed E-state index contributed by atoms with van der Waals surface area (Å²) in [7, 11) is 0. The highest BCUT2D eigenvalue weighted by Crippen LogP contribution is 2.00. The fourth-order valence-corrected chi connectivity index (χ4v) is 0.657. The van der Waals surface area contributed by atoms with Gasteiger partial charge in [-0.05, 0) is 0 Å². The summed E-state index contributed by atoms with van der Waals surface area (Å²) in [5, 5.41) is 35.0. The van der Waals surface area contributed by atoms with Gasteiger partial charge in [-0.2, -0.15) is 0 Å². The lowest BCUT2D eigenvalue weighted by Crippen LogP contribution is -2.51. The Balaban J connectivity index is 4.07. The van der Waals surface area contributed by atoms with Gasteiger partial charge in [0.05, 0.1) is 12.6 Å². The first-order valence-electron chi connectivity index (χ1n) is 3.40. The lowest BCUT2D eigenvalue weighted by atomic mass is 10.0. The molecule has 0 aliphatic heterocycles. The second-order valence-electron chi connectivity index (χ2n) is 2.44. The van der Waals surface area contributed by atoms with Gasteiger partial charge in [0.15, 0.2) is 0 Å². The number of carbonyl (C=O) groups excluding carboxylic acids is 1. The summed E-state index contributed by atoms with van der Waals surface area (Å²) in [6.45, 7) is -0.680. The summed E-state index contributed by atoms with van der Waals surface area (Å²) < 4.78 is 0. The molecule has 0 rings (SSSR count). The summed E-state index contributed by atoms with van der Waals surface area (Å²) in [5.74, 6) is 0. The van der Waals surface area contributed by atoms with Crippen LogP contribution in [0.25, 0.3) is 0 Å². The second kappa shape index (κ2) is 5.18. The van der Waals surface area contributed by atoms with E-state index < -0.39 is 31.0 Å². The third-order valence-electron chi connectivity index (χ3n) is 1.51. The molecule has 72 valence electrons. The van der Waals surface area contributed by atoms with Crippen molar-refractivity contribution in [1.29, 1.82) is 0 Å². The summed E-state index contributed by atoms with van der Waals surface area (Å²) in [6.07, 6.45) is -4.36. The van der Waals surface area contributed by atoms with Crippen LogP contribution >= 0.6 is 0 Å². The van der Waals surface area contributed by atoms with Gasteiger partial charge in [-0.3, -0.25) is 0 Å². The maximum Gasteiger partial charge on any atom is 0.150 e. The minimum atomic E-state index is -1.54. The average molecular weight is 179 g/mol. The number of rotatable bonds is 5. The first-order valence-corrected chi connectivity index (χ1v) is 3.40. The Kier molecular flexibility index (Phi) is 4.95. The fourth-order valence-electron chi connectivity index (χ4n) is 0.657. The van der Waals surface area contributed by atoms with Crippen molar-refractivity contribution in [2.24, 2.45) is 5.73 Å². The van der Waals surface area contributed by atoms with Crippen LogP contribution in [0.5, 0.6) is 0 Å². The molecule has 0 fully saturated rings. The van der Waals surface area contributed by atoms with Gasteiger partial charge in [0.25, 0.3) is 0 Å². The largest absolute Gasteiger partial charge is 0.394 e. The molecule has 0 amide bonds. The zero-order valence-electron chi connectivity index (χ0n) is 6.37. The lowest BCUT2D eigenvalue weighted by Gasteiger charge is -2.23. The number of aliphatic hydroxyl groups is 4. The van der Waals surface area contributed by atoms with Crippen LogP contribution in [0.2, 0.25) is 0 Å². The van der Waals surface area contributed by atoms with Crippen molar-refractivity contribution in [1.82, 2.24) is 0 Å². The van der Waals surface area contributed by atoms with Crippen LogP contribution in [0.3, 0.4) is 0 Å².